The molecule has 0 N–H and O–H groups in total. The molecule has 1 aliphatic carbocycles. The van der Waals surface area contributed by atoms with E-state index in [1.165, 1.54) is 0 Å². The van der Waals surface area contributed by atoms with Crippen molar-refractivity contribution in [1.82, 2.24) is 0 Å². The highest BCUT2D eigenvalue weighted by Crippen LogP contribution is 2.37. The highest BCUT2D eigenvalue weighted by molar-refractivity contribution is 9.09. The van der Waals surface area contributed by atoms with Crippen molar-refractivity contribution in [1.29, 1.82) is 0 Å². The average molecular weight is 314 g/mol. The van der Waals surface area contributed by atoms with Crippen LogP contribution in [0.3, 0.4) is 0 Å². The Morgan fingerprint density at radius 3 is 2.83 bits per heavy atom. The number of benzene rings is 1. The first-order valence-corrected chi connectivity index (χ1v) is 7.34. The molecule has 98 valence electrons. The van der Waals surface area contributed by atoms with E-state index in [2.05, 4.69) is 15.9 Å². The minimum Gasteiger partial charge on any atom is -0.487 e. The van der Waals surface area contributed by atoms with Gasteiger partial charge in [-0.25, -0.2) is 0 Å². The van der Waals surface area contributed by atoms with Crippen LogP contribution < -0.4 is 4.74 Å². The van der Waals surface area contributed by atoms with Crippen LogP contribution in [0.25, 0.3) is 0 Å². The zero-order valence-electron chi connectivity index (χ0n) is 10.2. The van der Waals surface area contributed by atoms with Gasteiger partial charge in [-0.1, -0.05) is 22.0 Å². The molecule has 0 heterocycles. The minimum atomic E-state index is -0.298. The Morgan fingerprint density at radius 1 is 1.33 bits per heavy atom. The van der Waals surface area contributed by atoms with Crippen LogP contribution in [0.1, 0.15) is 30.4 Å². The van der Waals surface area contributed by atoms with Crippen molar-refractivity contribution in [2.75, 3.05) is 11.9 Å². The number of hydrogen-bond acceptors (Lipinski definition) is 3. The van der Waals surface area contributed by atoms with E-state index in [0.29, 0.717) is 12.4 Å². The van der Waals surface area contributed by atoms with Crippen molar-refractivity contribution >= 4 is 21.6 Å². The summed E-state index contributed by atoms with van der Waals surface area (Å²) in [7, 11) is 0. The van der Waals surface area contributed by atoms with Gasteiger partial charge in [-0.05, 0) is 43.7 Å². The third-order valence-electron chi connectivity index (χ3n) is 3.18. The van der Waals surface area contributed by atoms with Crippen LogP contribution in [0.5, 0.6) is 5.75 Å². The maximum Gasteiger partial charge on any atom is 0.314 e. The van der Waals surface area contributed by atoms with Crippen LogP contribution in [0.2, 0.25) is 0 Å². The molecule has 2 rings (SSSR count). The lowest BCUT2D eigenvalue weighted by molar-refractivity contribution is -0.386. The van der Waals surface area contributed by atoms with Gasteiger partial charge in [0.2, 0.25) is 0 Å². The molecular weight excluding hydrogens is 298 g/mol. The van der Waals surface area contributed by atoms with Gasteiger partial charge in [-0.15, -0.1) is 0 Å². The topological polar surface area (TPSA) is 52.4 Å². The second kappa shape index (κ2) is 6.18. The number of nitro benzene ring substituents is 1. The van der Waals surface area contributed by atoms with Crippen molar-refractivity contribution in [3.63, 3.8) is 0 Å². The lowest BCUT2D eigenvalue weighted by atomic mass is 9.90. The Balaban J connectivity index is 2.31. The Labute approximate surface area is 115 Å². The molecule has 0 aliphatic heterocycles. The largest absolute Gasteiger partial charge is 0.487 e. The molecule has 0 saturated heterocycles. The quantitative estimate of drug-likeness (QED) is 0.361. The fourth-order valence-electron chi connectivity index (χ4n) is 2.34. The zero-order valence-corrected chi connectivity index (χ0v) is 11.7. The number of halogens is 1. The summed E-state index contributed by atoms with van der Waals surface area (Å²) < 4.78 is 5.53. The van der Waals surface area contributed by atoms with E-state index < -0.39 is 0 Å². The Kier molecular flexibility index (Phi) is 4.58. The molecule has 1 aromatic carbocycles. The summed E-state index contributed by atoms with van der Waals surface area (Å²) in [6, 6.07) is 3.72. The molecule has 0 spiro atoms. The molecule has 0 atom stereocenters. The fraction of sp³-hybridized carbons (Fsp3) is 0.538. The van der Waals surface area contributed by atoms with Crippen LogP contribution in [-0.2, 0) is 12.8 Å². The average Bonchev–Trinajstić information content (AvgIpc) is 2.38. The van der Waals surface area contributed by atoms with E-state index >= 15 is 0 Å². The molecule has 0 bridgehead atoms. The molecule has 0 amide bonds. The van der Waals surface area contributed by atoms with Gasteiger partial charge in [-0.2, -0.15) is 0 Å². The van der Waals surface area contributed by atoms with Crippen LogP contribution in [-0.4, -0.2) is 16.9 Å². The first-order valence-electron chi connectivity index (χ1n) is 6.22. The first kappa shape index (κ1) is 13.3. The normalized spacial score (nSPS) is 14.1. The van der Waals surface area contributed by atoms with E-state index in [1.54, 1.807) is 6.07 Å². The predicted molar refractivity (Wildman–Crippen MR) is 73.6 cm³/mol. The van der Waals surface area contributed by atoms with Crippen LogP contribution in [0.15, 0.2) is 12.1 Å². The summed E-state index contributed by atoms with van der Waals surface area (Å²) >= 11 is 3.32. The molecule has 1 aliphatic rings. The molecule has 0 fully saturated rings. The van der Waals surface area contributed by atoms with Crippen molar-refractivity contribution in [2.24, 2.45) is 0 Å². The Morgan fingerprint density at radius 2 is 2.11 bits per heavy atom. The van der Waals surface area contributed by atoms with Crippen molar-refractivity contribution in [3.8, 4) is 5.75 Å². The number of ether oxygens (including phenoxy) is 1. The zero-order chi connectivity index (χ0) is 13.0. The van der Waals surface area contributed by atoms with Gasteiger partial charge in [-0.3, -0.25) is 10.1 Å². The van der Waals surface area contributed by atoms with Crippen molar-refractivity contribution in [2.45, 2.75) is 32.1 Å². The van der Waals surface area contributed by atoms with E-state index in [4.69, 9.17) is 4.74 Å². The molecular formula is C13H16BrNO3. The standard InChI is InChI=1S/C13H16BrNO3/c14-8-3-9-18-12-7-6-10-4-1-2-5-11(10)13(12)15(16)17/h6-7H,1-5,8-9H2. The maximum atomic E-state index is 11.2. The highest BCUT2D eigenvalue weighted by atomic mass is 79.9. The molecule has 0 radical (unpaired) electrons. The number of fused-ring (bicyclic) bond motifs is 1. The molecule has 18 heavy (non-hydrogen) atoms. The van der Waals surface area contributed by atoms with Crippen molar-refractivity contribution in [3.05, 3.63) is 33.4 Å². The van der Waals surface area contributed by atoms with E-state index in [0.717, 1.165) is 48.6 Å². The number of nitro groups is 1. The van der Waals surface area contributed by atoms with Crippen LogP contribution in [0.4, 0.5) is 5.69 Å². The summed E-state index contributed by atoms with van der Waals surface area (Å²) in [6.45, 7) is 0.505. The van der Waals surface area contributed by atoms with Gasteiger partial charge in [0.1, 0.15) is 0 Å². The summed E-state index contributed by atoms with van der Waals surface area (Å²) in [5.41, 5.74) is 2.17. The SMILES string of the molecule is O=[N+]([O-])c1c(OCCCBr)ccc2c1CCCC2. The molecule has 0 unspecified atom stereocenters. The Hall–Kier alpha value is -1.10. The van der Waals surface area contributed by atoms with Crippen molar-refractivity contribution < 1.29 is 9.66 Å². The van der Waals surface area contributed by atoms with Gasteiger partial charge in [0.05, 0.1) is 11.5 Å². The fourth-order valence-corrected chi connectivity index (χ4v) is 2.57. The maximum absolute atomic E-state index is 11.2. The summed E-state index contributed by atoms with van der Waals surface area (Å²) in [4.78, 5) is 10.9. The number of rotatable bonds is 5. The van der Waals surface area contributed by atoms with Crippen LogP contribution >= 0.6 is 15.9 Å². The van der Waals surface area contributed by atoms with Gasteiger partial charge in [0.15, 0.2) is 5.75 Å². The Bertz CT molecular complexity index is 448. The monoisotopic (exact) mass is 313 g/mol. The third kappa shape index (κ3) is 2.83. The number of alkyl halides is 1. The van der Waals surface area contributed by atoms with Gasteiger partial charge in [0, 0.05) is 10.9 Å². The molecule has 0 saturated carbocycles. The van der Waals surface area contributed by atoms with Gasteiger partial charge >= 0.3 is 5.69 Å². The second-order valence-corrected chi connectivity index (χ2v) is 5.20. The van der Waals surface area contributed by atoms with E-state index in [1.807, 2.05) is 6.07 Å². The molecule has 4 nitrogen and oxygen atoms in total. The summed E-state index contributed by atoms with van der Waals surface area (Å²) in [6.07, 6.45) is 4.72. The van der Waals surface area contributed by atoms with Crippen LogP contribution in [0, 0.1) is 10.1 Å². The predicted octanol–water partition coefficient (Wildman–Crippen LogP) is 3.64. The lowest BCUT2D eigenvalue weighted by Gasteiger charge is -2.17. The minimum absolute atomic E-state index is 0.182. The molecule has 5 heteroatoms. The first-order chi connectivity index (χ1) is 8.74. The lowest BCUT2D eigenvalue weighted by Crippen LogP contribution is -2.09. The van der Waals surface area contributed by atoms with Gasteiger partial charge < -0.3 is 4.74 Å². The highest BCUT2D eigenvalue weighted by Gasteiger charge is 2.25. The third-order valence-corrected chi connectivity index (χ3v) is 3.74. The van der Waals surface area contributed by atoms with Gasteiger partial charge in [0.25, 0.3) is 0 Å². The van der Waals surface area contributed by atoms with E-state index in [-0.39, 0.29) is 10.6 Å². The molecule has 1 aromatic rings. The smallest absolute Gasteiger partial charge is 0.314 e. The second-order valence-electron chi connectivity index (χ2n) is 4.41. The van der Waals surface area contributed by atoms with E-state index in [9.17, 15) is 10.1 Å². The summed E-state index contributed by atoms with van der Waals surface area (Å²) in [5, 5.41) is 12.1. The number of aryl methyl sites for hydroxylation is 1. The molecule has 0 aromatic heterocycles. The number of hydrogen-bond donors (Lipinski definition) is 0. The summed E-state index contributed by atoms with van der Waals surface area (Å²) in [5.74, 6) is 0.418. The number of nitrogens with zero attached hydrogens (tertiary/aromatic N) is 1.